The lowest BCUT2D eigenvalue weighted by Crippen LogP contribution is -2.08. The van der Waals surface area contributed by atoms with E-state index < -0.39 is 29.2 Å². The van der Waals surface area contributed by atoms with Crippen molar-refractivity contribution in [1.29, 1.82) is 0 Å². The van der Waals surface area contributed by atoms with Gasteiger partial charge in [0.1, 0.15) is 11.3 Å². The van der Waals surface area contributed by atoms with Crippen LogP contribution >= 0.6 is 0 Å². The van der Waals surface area contributed by atoms with E-state index in [9.17, 15) is 24.9 Å². The van der Waals surface area contributed by atoms with E-state index in [1.54, 1.807) is 6.07 Å². The molecule has 0 heterocycles. The minimum absolute atomic E-state index is 0.134. The van der Waals surface area contributed by atoms with Gasteiger partial charge in [0.05, 0.1) is 32.0 Å². The quantitative estimate of drug-likeness (QED) is 0.398. The lowest BCUT2D eigenvalue weighted by molar-refractivity contribution is 0.0503. The molecule has 0 fully saturated rings. The van der Waals surface area contributed by atoms with Crippen LogP contribution in [-0.4, -0.2) is 48.1 Å². The third-order valence-electron chi connectivity index (χ3n) is 3.85. The Kier molecular flexibility index (Phi) is 6.93. The van der Waals surface area contributed by atoms with Gasteiger partial charge < -0.3 is 29.5 Å². The molecule has 8 nitrogen and oxygen atoms in total. The molecule has 0 atom stereocenters. The average molecular weight is 400 g/mol. The molecule has 8 heteroatoms. The Hall–Kier alpha value is -3.86. The fraction of sp³-hybridized carbons (Fsp3) is 0.238. The minimum Gasteiger partial charge on any atom is -0.504 e. The average Bonchev–Trinajstić information content (AvgIpc) is 2.74. The highest BCUT2D eigenvalue weighted by atomic mass is 16.5. The highest BCUT2D eigenvalue weighted by molar-refractivity contribution is 5.95. The van der Waals surface area contributed by atoms with Crippen LogP contribution in [-0.2, 0) is 9.47 Å². The van der Waals surface area contributed by atoms with Crippen molar-refractivity contribution in [2.75, 3.05) is 20.8 Å². The molecular weight excluding hydrogens is 380 g/mol. The van der Waals surface area contributed by atoms with Gasteiger partial charge in [-0.3, -0.25) is 0 Å². The van der Waals surface area contributed by atoms with Gasteiger partial charge in [-0.15, -0.1) is 0 Å². The molecule has 2 rings (SSSR count). The van der Waals surface area contributed by atoms with E-state index in [0.717, 1.165) is 6.07 Å². The monoisotopic (exact) mass is 400 g/mol. The topological polar surface area (TPSA) is 123 Å². The number of carbonyl (C=O) groups is 2. The van der Waals surface area contributed by atoms with Crippen molar-refractivity contribution in [2.45, 2.75) is 13.3 Å². The van der Waals surface area contributed by atoms with Crippen molar-refractivity contribution in [3.63, 3.8) is 0 Å². The molecule has 0 radical (unpaired) electrons. The summed E-state index contributed by atoms with van der Waals surface area (Å²) in [5.41, 5.74) is 0.0606. The van der Waals surface area contributed by atoms with E-state index in [2.05, 4.69) is 11.8 Å². The molecule has 0 saturated carbocycles. The maximum absolute atomic E-state index is 12.2. The summed E-state index contributed by atoms with van der Waals surface area (Å²) in [6, 6.07) is 5.46. The first-order chi connectivity index (χ1) is 13.8. The maximum atomic E-state index is 12.2. The van der Waals surface area contributed by atoms with Crippen LogP contribution in [0.25, 0.3) is 0 Å². The number of phenols is 3. The Labute approximate surface area is 167 Å². The molecule has 0 unspecified atom stereocenters. The Morgan fingerprint density at radius 2 is 1.69 bits per heavy atom. The number of ether oxygens (including phenoxy) is 3. The summed E-state index contributed by atoms with van der Waals surface area (Å²) in [4.78, 5) is 24.1. The van der Waals surface area contributed by atoms with Crippen molar-refractivity contribution in [1.82, 2.24) is 0 Å². The van der Waals surface area contributed by atoms with Crippen LogP contribution < -0.4 is 4.74 Å². The van der Waals surface area contributed by atoms with E-state index in [1.165, 1.54) is 26.4 Å². The number of aromatic hydroxyl groups is 3. The number of carbonyl (C=O) groups excluding carboxylic acids is 2. The second-order valence-electron chi connectivity index (χ2n) is 5.81. The van der Waals surface area contributed by atoms with Gasteiger partial charge in [0, 0.05) is 5.56 Å². The summed E-state index contributed by atoms with van der Waals surface area (Å²) in [7, 11) is 2.63. The normalized spacial score (nSPS) is 9.90. The summed E-state index contributed by atoms with van der Waals surface area (Å²) in [5.74, 6) is 1.87. The fourth-order valence-corrected chi connectivity index (χ4v) is 2.39. The molecular formula is C21H20O8. The predicted octanol–water partition coefficient (Wildman–Crippen LogP) is 2.57. The first-order valence-corrected chi connectivity index (χ1v) is 8.57. The van der Waals surface area contributed by atoms with E-state index in [1.807, 2.05) is 6.92 Å². The van der Waals surface area contributed by atoms with Gasteiger partial charge in [0.15, 0.2) is 11.5 Å². The highest BCUT2D eigenvalue weighted by Crippen LogP contribution is 2.39. The standard InChI is InChI=1S/C21H20O8/c1-4-9-29-21(26)14-11-16(22)19(24)18(23)13(14)7-5-12-6-8-17(27-2)15(10-12)20(25)28-3/h6,8,10-11,22-24H,4,9H2,1-3H3. The molecule has 3 N–H and O–H groups in total. The summed E-state index contributed by atoms with van der Waals surface area (Å²) < 4.78 is 14.8. The van der Waals surface area contributed by atoms with Crippen LogP contribution in [0.2, 0.25) is 0 Å². The van der Waals surface area contributed by atoms with Gasteiger partial charge in [-0.2, -0.15) is 0 Å². The molecule has 0 aliphatic rings. The SMILES string of the molecule is CCCOC(=O)c1cc(O)c(O)c(O)c1C#Cc1ccc(OC)c(C(=O)OC)c1. The van der Waals surface area contributed by atoms with Crippen LogP contribution in [0.4, 0.5) is 0 Å². The largest absolute Gasteiger partial charge is 0.504 e. The minimum atomic E-state index is -0.814. The molecule has 0 bridgehead atoms. The smallest absolute Gasteiger partial charge is 0.341 e. The Morgan fingerprint density at radius 1 is 0.966 bits per heavy atom. The van der Waals surface area contributed by atoms with Gasteiger partial charge in [0.2, 0.25) is 5.75 Å². The summed E-state index contributed by atoms with van der Waals surface area (Å²) in [6.45, 7) is 1.94. The first kappa shape index (κ1) is 21.4. The van der Waals surface area contributed by atoms with Crippen molar-refractivity contribution in [3.8, 4) is 34.8 Å². The molecule has 0 saturated heterocycles. The third-order valence-corrected chi connectivity index (χ3v) is 3.85. The molecule has 0 spiro atoms. The summed E-state index contributed by atoms with van der Waals surface area (Å²) in [5, 5.41) is 29.7. The number of benzene rings is 2. The van der Waals surface area contributed by atoms with Gasteiger partial charge in [0.25, 0.3) is 0 Å². The summed E-state index contributed by atoms with van der Waals surface area (Å²) in [6.07, 6.45) is 0.574. The number of hydrogen-bond acceptors (Lipinski definition) is 8. The Bertz CT molecular complexity index is 998. The van der Waals surface area contributed by atoms with E-state index in [0.29, 0.717) is 12.0 Å². The number of hydrogen-bond donors (Lipinski definition) is 3. The lowest BCUT2D eigenvalue weighted by atomic mass is 10.0. The summed E-state index contributed by atoms with van der Waals surface area (Å²) >= 11 is 0. The number of phenolic OH excluding ortho intramolecular Hbond substituents is 3. The maximum Gasteiger partial charge on any atom is 0.341 e. The molecule has 152 valence electrons. The Morgan fingerprint density at radius 3 is 2.31 bits per heavy atom. The van der Waals surface area contributed by atoms with E-state index in [-0.39, 0.29) is 29.0 Å². The number of rotatable bonds is 5. The zero-order valence-electron chi connectivity index (χ0n) is 16.1. The van der Waals surface area contributed by atoms with Gasteiger partial charge in [-0.1, -0.05) is 18.8 Å². The zero-order chi connectivity index (χ0) is 21.6. The predicted molar refractivity (Wildman–Crippen MR) is 102 cm³/mol. The van der Waals surface area contributed by atoms with Crippen molar-refractivity contribution < 1.29 is 39.1 Å². The number of esters is 2. The lowest BCUT2D eigenvalue weighted by Gasteiger charge is -2.10. The molecule has 0 aliphatic carbocycles. The fourth-order valence-electron chi connectivity index (χ4n) is 2.39. The van der Waals surface area contributed by atoms with Crippen LogP contribution in [0.15, 0.2) is 24.3 Å². The van der Waals surface area contributed by atoms with Crippen LogP contribution in [0.1, 0.15) is 45.2 Å². The first-order valence-electron chi connectivity index (χ1n) is 8.57. The zero-order valence-corrected chi connectivity index (χ0v) is 16.1. The molecule has 29 heavy (non-hydrogen) atoms. The third kappa shape index (κ3) is 4.71. The second-order valence-corrected chi connectivity index (χ2v) is 5.81. The highest BCUT2D eigenvalue weighted by Gasteiger charge is 2.21. The van der Waals surface area contributed by atoms with Crippen LogP contribution in [0.5, 0.6) is 23.0 Å². The van der Waals surface area contributed by atoms with Gasteiger partial charge in [-0.05, 0) is 30.7 Å². The molecule has 2 aromatic rings. The number of methoxy groups -OCH3 is 2. The van der Waals surface area contributed by atoms with E-state index in [4.69, 9.17) is 14.2 Å². The molecule has 0 amide bonds. The van der Waals surface area contributed by atoms with Crippen molar-refractivity contribution in [2.24, 2.45) is 0 Å². The van der Waals surface area contributed by atoms with Gasteiger partial charge in [-0.25, -0.2) is 9.59 Å². The Balaban J connectivity index is 2.55. The van der Waals surface area contributed by atoms with Crippen LogP contribution in [0, 0.1) is 11.8 Å². The van der Waals surface area contributed by atoms with E-state index >= 15 is 0 Å². The van der Waals surface area contributed by atoms with Crippen LogP contribution in [0.3, 0.4) is 0 Å². The molecule has 2 aromatic carbocycles. The van der Waals surface area contributed by atoms with Gasteiger partial charge >= 0.3 is 11.9 Å². The molecule has 0 aliphatic heterocycles. The van der Waals surface area contributed by atoms with Crippen molar-refractivity contribution >= 4 is 11.9 Å². The second kappa shape index (κ2) is 9.37. The van der Waals surface area contributed by atoms with Crippen molar-refractivity contribution in [3.05, 3.63) is 46.5 Å². The molecule has 0 aromatic heterocycles.